The Morgan fingerprint density at radius 2 is 1.50 bits per heavy atom. The summed E-state index contributed by atoms with van der Waals surface area (Å²) in [4.78, 5) is 23.2. The molecule has 0 heterocycles. The Morgan fingerprint density at radius 1 is 0.923 bits per heavy atom. The van der Waals surface area contributed by atoms with Crippen LogP contribution in [0.2, 0.25) is 0 Å². The van der Waals surface area contributed by atoms with Crippen LogP contribution in [0, 0.1) is 5.92 Å². The minimum atomic E-state index is -0.266. The van der Waals surface area contributed by atoms with Crippen molar-refractivity contribution < 1.29 is 19.1 Å². The topological polar surface area (TPSA) is 64.6 Å². The van der Waals surface area contributed by atoms with Crippen LogP contribution in [0.15, 0.2) is 48.5 Å². The highest BCUT2D eigenvalue weighted by Gasteiger charge is 2.05. The van der Waals surface area contributed by atoms with E-state index in [-0.39, 0.29) is 18.3 Å². The summed E-state index contributed by atoms with van der Waals surface area (Å²) in [7, 11) is 0. The second-order valence-electron chi connectivity index (χ2n) is 6.47. The maximum Gasteiger partial charge on any atom is 0.262 e. The van der Waals surface area contributed by atoms with Crippen molar-refractivity contribution in [1.82, 2.24) is 0 Å². The smallest absolute Gasteiger partial charge is 0.262 e. The van der Waals surface area contributed by atoms with Gasteiger partial charge in [-0.2, -0.15) is 0 Å². The summed E-state index contributed by atoms with van der Waals surface area (Å²) in [5.74, 6) is 1.71. The number of nitrogens with one attached hydrogen (secondary N) is 1. The molecule has 26 heavy (non-hydrogen) atoms. The molecule has 2 rings (SSSR count). The molecular formula is C21H25NO4. The predicted molar refractivity (Wildman–Crippen MR) is 102 cm³/mol. The first-order valence-electron chi connectivity index (χ1n) is 8.70. The van der Waals surface area contributed by atoms with E-state index in [1.165, 1.54) is 6.92 Å². The summed E-state index contributed by atoms with van der Waals surface area (Å²) in [6.07, 6.45) is 1.01. The van der Waals surface area contributed by atoms with E-state index in [9.17, 15) is 9.59 Å². The van der Waals surface area contributed by atoms with Crippen molar-refractivity contribution in [3.63, 3.8) is 0 Å². The van der Waals surface area contributed by atoms with Crippen molar-refractivity contribution in [3.05, 3.63) is 54.1 Å². The molecule has 1 amide bonds. The Kier molecular flexibility index (Phi) is 7.21. The van der Waals surface area contributed by atoms with E-state index in [4.69, 9.17) is 9.47 Å². The minimum Gasteiger partial charge on any atom is -0.494 e. The number of ether oxygens (including phenoxy) is 2. The van der Waals surface area contributed by atoms with Crippen LogP contribution in [-0.2, 0) is 4.79 Å². The van der Waals surface area contributed by atoms with Gasteiger partial charge in [-0.25, -0.2) is 0 Å². The molecule has 5 heteroatoms. The molecule has 0 radical (unpaired) electrons. The number of amides is 1. The highest BCUT2D eigenvalue weighted by molar-refractivity contribution is 5.95. The molecule has 0 saturated heterocycles. The van der Waals surface area contributed by atoms with E-state index in [0.717, 1.165) is 12.2 Å². The molecule has 0 aliphatic rings. The standard InChI is InChI=1S/C21H25NO4/c1-15(2)12-13-25-19-8-10-20(11-9-19)26-14-21(24)22-18-6-4-17(5-7-18)16(3)23/h4-11,15H,12-14H2,1-3H3,(H,22,24). The van der Waals surface area contributed by atoms with Crippen LogP contribution in [-0.4, -0.2) is 24.9 Å². The SMILES string of the molecule is CC(=O)c1ccc(NC(=O)COc2ccc(OCCC(C)C)cc2)cc1. The average Bonchev–Trinajstić information content (AvgIpc) is 2.61. The normalized spacial score (nSPS) is 10.5. The number of Topliss-reactive ketones (excluding diaryl/α,β-unsaturated/α-hetero) is 1. The van der Waals surface area contributed by atoms with Gasteiger partial charge in [0.25, 0.3) is 5.91 Å². The number of hydrogen-bond donors (Lipinski definition) is 1. The van der Waals surface area contributed by atoms with Crippen molar-refractivity contribution in [3.8, 4) is 11.5 Å². The molecule has 0 fully saturated rings. The van der Waals surface area contributed by atoms with Gasteiger partial charge in [0, 0.05) is 11.3 Å². The quantitative estimate of drug-likeness (QED) is 0.680. The number of carbonyl (C=O) groups excluding carboxylic acids is 2. The Bertz CT molecular complexity index is 721. The second kappa shape index (κ2) is 9.61. The van der Waals surface area contributed by atoms with Gasteiger partial charge in [0.05, 0.1) is 6.61 Å². The van der Waals surface area contributed by atoms with Crippen LogP contribution in [0.25, 0.3) is 0 Å². The maximum absolute atomic E-state index is 11.9. The van der Waals surface area contributed by atoms with Crippen LogP contribution >= 0.6 is 0 Å². The second-order valence-corrected chi connectivity index (χ2v) is 6.47. The van der Waals surface area contributed by atoms with Gasteiger partial charge in [-0.15, -0.1) is 0 Å². The average molecular weight is 355 g/mol. The Morgan fingerprint density at radius 3 is 2.04 bits per heavy atom. The van der Waals surface area contributed by atoms with E-state index in [1.54, 1.807) is 36.4 Å². The van der Waals surface area contributed by atoms with Gasteiger partial charge in [0.15, 0.2) is 12.4 Å². The van der Waals surface area contributed by atoms with E-state index < -0.39 is 0 Å². The van der Waals surface area contributed by atoms with Crippen molar-refractivity contribution in [2.45, 2.75) is 27.2 Å². The summed E-state index contributed by atoms with van der Waals surface area (Å²) >= 11 is 0. The lowest BCUT2D eigenvalue weighted by Gasteiger charge is -2.10. The fraction of sp³-hybridized carbons (Fsp3) is 0.333. The van der Waals surface area contributed by atoms with Crippen LogP contribution in [0.5, 0.6) is 11.5 Å². The third kappa shape index (κ3) is 6.59. The van der Waals surface area contributed by atoms with Gasteiger partial charge in [-0.3, -0.25) is 9.59 Å². The molecule has 2 aromatic carbocycles. The molecule has 0 unspecified atom stereocenters. The molecule has 0 aliphatic heterocycles. The van der Waals surface area contributed by atoms with Gasteiger partial charge in [0.2, 0.25) is 0 Å². The molecule has 5 nitrogen and oxygen atoms in total. The first kappa shape index (κ1) is 19.5. The number of benzene rings is 2. The number of rotatable bonds is 9. The minimum absolute atomic E-state index is 0.0113. The zero-order valence-electron chi connectivity index (χ0n) is 15.5. The fourth-order valence-corrected chi connectivity index (χ4v) is 2.18. The Balaban J connectivity index is 1.77. The van der Waals surface area contributed by atoms with E-state index in [0.29, 0.717) is 29.5 Å². The van der Waals surface area contributed by atoms with Gasteiger partial charge in [-0.05, 0) is 67.8 Å². The number of carbonyl (C=O) groups is 2. The number of hydrogen-bond acceptors (Lipinski definition) is 4. The lowest BCUT2D eigenvalue weighted by molar-refractivity contribution is -0.118. The van der Waals surface area contributed by atoms with Crippen molar-refractivity contribution >= 4 is 17.4 Å². The summed E-state index contributed by atoms with van der Waals surface area (Å²) in [5, 5.41) is 2.73. The molecular weight excluding hydrogens is 330 g/mol. The van der Waals surface area contributed by atoms with Crippen LogP contribution < -0.4 is 14.8 Å². The third-order valence-electron chi connectivity index (χ3n) is 3.73. The van der Waals surface area contributed by atoms with Crippen LogP contribution in [0.1, 0.15) is 37.6 Å². The zero-order chi connectivity index (χ0) is 18.9. The van der Waals surface area contributed by atoms with Crippen molar-refractivity contribution in [2.24, 2.45) is 5.92 Å². The molecule has 0 aromatic heterocycles. The van der Waals surface area contributed by atoms with Gasteiger partial charge >= 0.3 is 0 Å². The fourth-order valence-electron chi connectivity index (χ4n) is 2.18. The zero-order valence-corrected chi connectivity index (χ0v) is 15.5. The molecule has 0 atom stereocenters. The van der Waals surface area contributed by atoms with Crippen LogP contribution in [0.4, 0.5) is 5.69 Å². The van der Waals surface area contributed by atoms with Crippen molar-refractivity contribution in [2.75, 3.05) is 18.5 Å². The summed E-state index contributed by atoms with van der Waals surface area (Å²) in [6.45, 7) is 6.40. The number of anilines is 1. The summed E-state index contributed by atoms with van der Waals surface area (Å²) in [5.41, 5.74) is 1.23. The molecule has 0 saturated carbocycles. The first-order valence-corrected chi connectivity index (χ1v) is 8.70. The predicted octanol–water partition coefficient (Wildman–Crippen LogP) is 4.33. The highest BCUT2D eigenvalue weighted by atomic mass is 16.5. The molecule has 0 aliphatic carbocycles. The van der Waals surface area contributed by atoms with E-state index in [1.807, 2.05) is 12.1 Å². The van der Waals surface area contributed by atoms with Gasteiger partial charge in [-0.1, -0.05) is 13.8 Å². The molecule has 138 valence electrons. The van der Waals surface area contributed by atoms with E-state index >= 15 is 0 Å². The Hall–Kier alpha value is -2.82. The van der Waals surface area contributed by atoms with Crippen LogP contribution in [0.3, 0.4) is 0 Å². The first-order chi connectivity index (χ1) is 12.4. The van der Waals surface area contributed by atoms with Crippen molar-refractivity contribution in [1.29, 1.82) is 0 Å². The third-order valence-corrected chi connectivity index (χ3v) is 3.73. The molecule has 1 N–H and O–H groups in total. The molecule has 2 aromatic rings. The highest BCUT2D eigenvalue weighted by Crippen LogP contribution is 2.18. The molecule has 0 spiro atoms. The molecule has 0 bridgehead atoms. The monoisotopic (exact) mass is 355 g/mol. The number of ketones is 1. The largest absolute Gasteiger partial charge is 0.494 e. The Labute approximate surface area is 154 Å². The van der Waals surface area contributed by atoms with Gasteiger partial charge < -0.3 is 14.8 Å². The summed E-state index contributed by atoms with van der Waals surface area (Å²) in [6, 6.07) is 13.9. The lowest BCUT2D eigenvalue weighted by atomic mass is 10.1. The lowest BCUT2D eigenvalue weighted by Crippen LogP contribution is -2.20. The maximum atomic E-state index is 11.9. The van der Waals surface area contributed by atoms with E-state index in [2.05, 4.69) is 19.2 Å². The summed E-state index contributed by atoms with van der Waals surface area (Å²) < 4.78 is 11.1. The van der Waals surface area contributed by atoms with Gasteiger partial charge in [0.1, 0.15) is 11.5 Å².